The Morgan fingerprint density at radius 2 is 1.88 bits per heavy atom. The Hall–Kier alpha value is -1.02. The van der Waals surface area contributed by atoms with E-state index in [0.717, 1.165) is 18.7 Å². The van der Waals surface area contributed by atoms with Crippen molar-refractivity contribution in [2.45, 2.75) is 27.2 Å². The normalized spacial score (nSPS) is 13.5. The summed E-state index contributed by atoms with van der Waals surface area (Å²) in [5.74, 6) is 1.60. The van der Waals surface area contributed by atoms with Crippen molar-refractivity contribution in [1.29, 1.82) is 0 Å². The van der Waals surface area contributed by atoms with Crippen LogP contribution in [0, 0.1) is 11.3 Å². The van der Waals surface area contributed by atoms with Gasteiger partial charge in [0.05, 0.1) is 7.11 Å². The Kier molecular flexibility index (Phi) is 5.01. The lowest BCUT2D eigenvalue weighted by atomic mass is 9.77. The van der Waals surface area contributed by atoms with Gasteiger partial charge in [-0.2, -0.15) is 0 Å². The number of ether oxygens (including phenoxy) is 1. The minimum Gasteiger partial charge on any atom is -0.496 e. The number of benzene rings is 1. The molecule has 0 aliphatic heterocycles. The maximum atomic E-state index is 5.42. The van der Waals surface area contributed by atoms with Gasteiger partial charge in [0.15, 0.2) is 0 Å². The van der Waals surface area contributed by atoms with Crippen molar-refractivity contribution in [3.05, 3.63) is 29.8 Å². The predicted octanol–water partition coefficient (Wildman–Crippen LogP) is 3.12. The van der Waals surface area contributed by atoms with Gasteiger partial charge in [0.1, 0.15) is 5.75 Å². The summed E-state index contributed by atoms with van der Waals surface area (Å²) < 4.78 is 5.42. The van der Waals surface area contributed by atoms with Crippen molar-refractivity contribution in [2.75, 3.05) is 20.7 Å². The van der Waals surface area contributed by atoms with Crippen LogP contribution in [0.1, 0.15) is 26.3 Å². The van der Waals surface area contributed by atoms with Gasteiger partial charge in [-0.05, 0) is 43.0 Å². The Labute approximate surface area is 105 Å². The lowest BCUT2D eigenvalue weighted by Crippen LogP contribution is -2.31. The van der Waals surface area contributed by atoms with E-state index in [-0.39, 0.29) is 0 Å². The van der Waals surface area contributed by atoms with Crippen LogP contribution in [-0.2, 0) is 6.42 Å². The molecule has 0 spiro atoms. The van der Waals surface area contributed by atoms with Crippen LogP contribution >= 0.6 is 0 Å². The Balaban J connectivity index is 2.86. The zero-order valence-electron chi connectivity index (χ0n) is 11.7. The molecule has 96 valence electrons. The summed E-state index contributed by atoms with van der Waals surface area (Å²) in [6, 6.07) is 8.30. The minimum atomic E-state index is 0.295. The fraction of sp³-hybridized carbons (Fsp3) is 0.600. The third-order valence-corrected chi connectivity index (χ3v) is 3.33. The molecule has 17 heavy (non-hydrogen) atoms. The van der Waals surface area contributed by atoms with Gasteiger partial charge in [-0.15, -0.1) is 0 Å². The topological polar surface area (TPSA) is 21.3 Å². The molecule has 0 saturated carbocycles. The molecule has 0 fully saturated rings. The summed E-state index contributed by atoms with van der Waals surface area (Å²) in [6.45, 7) is 7.92. The van der Waals surface area contributed by atoms with Gasteiger partial charge in [-0.25, -0.2) is 0 Å². The van der Waals surface area contributed by atoms with Gasteiger partial charge < -0.3 is 10.1 Å². The van der Waals surface area contributed by atoms with Crippen molar-refractivity contribution >= 4 is 0 Å². The summed E-state index contributed by atoms with van der Waals surface area (Å²) in [5, 5.41) is 3.29. The molecule has 2 heteroatoms. The van der Waals surface area contributed by atoms with Crippen LogP contribution < -0.4 is 10.1 Å². The summed E-state index contributed by atoms with van der Waals surface area (Å²) in [6.07, 6.45) is 1.05. The second-order valence-corrected chi connectivity index (χ2v) is 5.64. The molecule has 2 nitrogen and oxygen atoms in total. The van der Waals surface area contributed by atoms with E-state index < -0.39 is 0 Å². The van der Waals surface area contributed by atoms with Crippen LogP contribution in [0.5, 0.6) is 5.75 Å². The molecular formula is C15H25NO. The number of nitrogens with one attached hydrogen (secondary N) is 1. The van der Waals surface area contributed by atoms with Crippen molar-refractivity contribution in [1.82, 2.24) is 5.32 Å². The number of para-hydroxylation sites is 1. The van der Waals surface area contributed by atoms with E-state index in [2.05, 4.69) is 38.2 Å². The molecule has 1 aromatic carbocycles. The van der Waals surface area contributed by atoms with Gasteiger partial charge in [0.2, 0.25) is 0 Å². The number of hydrogen-bond donors (Lipinski definition) is 1. The van der Waals surface area contributed by atoms with Gasteiger partial charge in [-0.3, -0.25) is 0 Å². The summed E-state index contributed by atoms with van der Waals surface area (Å²) >= 11 is 0. The largest absolute Gasteiger partial charge is 0.496 e. The SMILES string of the molecule is CNCC(Cc1ccccc1OC)C(C)(C)C. The highest BCUT2D eigenvalue weighted by Crippen LogP contribution is 2.31. The average Bonchev–Trinajstić information content (AvgIpc) is 2.28. The Bertz CT molecular complexity index is 341. The molecule has 1 unspecified atom stereocenters. The summed E-state index contributed by atoms with van der Waals surface area (Å²) in [5.41, 5.74) is 1.59. The molecule has 0 bridgehead atoms. The first-order valence-electron chi connectivity index (χ1n) is 6.25. The van der Waals surface area contributed by atoms with Crippen LogP contribution in [0.4, 0.5) is 0 Å². The highest BCUT2D eigenvalue weighted by atomic mass is 16.5. The smallest absolute Gasteiger partial charge is 0.122 e. The first-order valence-corrected chi connectivity index (χ1v) is 6.25. The number of methoxy groups -OCH3 is 1. The van der Waals surface area contributed by atoms with Crippen molar-refractivity contribution in [2.24, 2.45) is 11.3 Å². The van der Waals surface area contributed by atoms with E-state index in [0.29, 0.717) is 11.3 Å². The zero-order chi connectivity index (χ0) is 12.9. The van der Waals surface area contributed by atoms with Crippen LogP contribution in [0.15, 0.2) is 24.3 Å². The van der Waals surface area contributed by atoms with Gasteiger partial charge >= 0.3 is 0 Å². The predicted molar refractivity (Wildman–Crippen MR) is 73.6 cm³/mol. The molecule has 0 aliphatic rings. The molecule has 0 aliphatic carbocycles. The summed E-state index contributed by atoms with van der Waals surface area (Å²) in [4.78, 5) is 0. The van der Waals surface area contributed by atoms with Gasteiger partial charge in [-0.1, -0.05) is 39.0 Å². The lowest BCUT2D eigenvalue weighted by molar-refractivity contribution is 0.233. The van der Waals surface area contributed by atoms with E-state index in [1.165, 1.54) is 5.56 Å². The fourth-order valence-corrected chi connectivity index (χ4v) is 2.07. The number of rotatable bonds is 5. The standard InChI is InChI=1S/C15H25NO/c1-15(2,3)13(11-16-4)10-12-8-6-7-9-14(12)17-5/h6-9,13,16H,10-11H2,1-5H3. The molecule has 0 amide bonds. The first kappa shape index (κ1) is 14.0. The van der Waals surface area contributed by atoms with E-state index in [1.807, 2.05) is 19.2 Å². The molecular weight excluding hydrogens is 210 g/mol. The van der Waals surface area contributed by atoms with E-state index in [4.69, 9.17) is 4.74 Å². The molecule has 1 aromatic rings. The molecule has 0 heterocycles. The maximum Gasteiger partial charge on any atom is 0.122 e. The molecule has 1 N–H and O–H groups in total. The van der Waals surface area contributed by atoms with Gasteiger partial charge in [0.25, 0.3) is 0 Å². The van der Waals surface area contributed by atoms with Crippen molar-refractivity contribution < 1.29 is 4.74 Å². The first-order chi connectivity index (χ1) is 7.99. The Morgan fingerprint density at radius 1 is 1.24 bits per heavy atom. The average molecular weight is 235 g/mol. The maximum absolute atomic E-state index is 5.42. The number of hydrogen-bond acceptors (Lipinski definition) is 2. The molecule has 1 rings (SSSR count). The second kappa shape index (κ2) is 6.06. The minimum absolute atomic E-state index is 0.295. The second-order valence-electron chi connectivity index (χ2n) is 5.64. The van der Waals surface area contributed by atoms with E-state index >= 15 is 0 Å². The van der Waals surface area contributed by atoms with Crippen molar-refractivity contribution in [3.8, 4) is 5.75 Å². The van der Waals surface area contributed by atoms with Gasteiger partial charge in [0, 0.05) is 0 Å². The molecule has 1 atom stereocenters. The summed E-state index contributed by atoms with van der Waals surface area (Å²) in [7, 11) is 3.75. The van der Waals surface area contributed by atoms with Crippen LogP contribution in [-0.4, -0.2) is 20.7 Å². The van der Waals surface area contributed by atoms with Crippen molar-refractivity contribution in [3.63, 3.8) is 0 Å². The molecule has 0 aromatic heterocycles. The van der Waals surface area contributed by atoms with Crippen LogP contribution in [0.25, 0.3) is 0 Å². The third-order valence-electron chi connectivity index (χ3n) is 3.33. The molecule has 0 radical (unpaired) electrons. The lowest BCUT2D eigenvalue weighted by Gasteiger charge is -2.31. The fourth-order valence-electron chi connectivity index (χ4n) is 2.07. The quantitative estimate of drug-likeness (QED) is 0.846. The third kappa shape index (κ3) is 4.04. The van der Waals surface area contributed by atoms with E-state index in [9.17, 15) is 0 Å². The van der Waals surface area contributed by atoms with E-state index in [1.54, 1.807) is 7.11 Å². The monoisotopic (exact) mass is 235 g/mol. The zero-order valence-corrected chi connectivity index (χ0v) is 11.7. The van der Waals surface area contributed by atoms with Crippen LogP contribution in [0.3, 0.4) is 0 Å². The molecule has 0 saturated heterocycles. The Morgan fingerprint density at radius 3 is 2.41 bits per heavy atom. The highest BCUT2D eigenvalue weighted by Gasteiger charge is 2.24. The highest BCUT2D eigenvalue weighted by molar-refractivity contribution is 5.33. The van der Waals surface area contributed by atoms with Crippen LogP contribution in [0.2, 0.25) is 0 Å².